The van der Waals surface area contributed by atoms with Crippen molar-refractivity contribution < 1.29 is 35.8 Å². The molecular weight excluding hydrogens is 807 g/mol. The number of hydrogen-bond acceptors (Lipinski definition) is 6. The Morgan fingerprint density at radius 3 is 1.70 bits per heavy atom. The number of benzene rings is 2. The van der Waals surface area contributed by atoms with Crippen LogP contribution in [0.3, 0.4) is 0 Å². The topological polar surface area (TPSA) is 85.9 Å². The number of hydrogen-bond donors (Lipinski definition) is 1. The molecule has 0 amide bonds. The van der Waals surface area contributed by atoms with Crippen LogP contribution in [0.5, 0.6) is 23.3 Å². The van der Waals surface area contributed by atoms with Gasteiger partial charge in [-0.25, -0.2) is 15.0 Å². The van der Waals surface area contributed by atoms with Crippen molar-refractivity contribution >= 4 is 72.8 Å². The average Bonchev–Trinajstić information content (AvgIpc) is 2.97. The first-order chi connectivity index (χ1) is 21.8. The number of aryl methyl sites for hydroxylation is 2. The predicted octanol–water partition coefficient (Wildman–Crippen LogP) is 11.4. The Hall–Kier alpha value is -3.27. The van der Waals surface area contributed by atoms with Gasteiger partial charge in [-0.3, -0.25) is 0 Å². The van der Waals surface area contributed by atoms with Gasteiger partial charge in [0.25, 0.3) is 0 Å². The Balaban J connectivity index is 0.000000261. The van der Waals surface area contributed by atoms with Crippen LogP contribution in [-0.2, 0) is 12.4 Å². The maximum Gasteiger partial charge on any atom is 0.417 e. The molecule has 4 rings (SSSR count). The second kappa shape index (κ2) is 15.8. The third kappa shape index (κ3) is 10.6. The molecule has 7 nitrogen and oxygen atoms in total. The molecule has 0 fully saturated rings. The molecule has 0 bridgehead atoms. The lowest BCUT2D eigenvalue weighted by atomic mass is 10.2. The largest absolute Gasteiger partial charge is 0.438 e. The smallest absolute Gasteiger partial charge is 0.417 e. The van der Waals surface area contributed by atoms with E-state index in [0.29, 0.717) is 31.7 Å². The number of nitrogen functional groups attached to an aromatic ring is 1. The number of nitrogens with two attached hydrogens (primary N) is 1. The summed E-state index contributed by atoms with van der Waals surface area (Å²) in [5, 5.41) is -0.784. The highest BCUT2D eigenvalue weighted by Crippen LogP contribution is 2.40. The number of aliphatic imine (C=N–C) groups is 1. The summed E-state index contributed by atoms with van der Waals surface area (Å²) in [6.45, 7) is 6.19. The summed E-state index contributed by atoms with van der Waals surface area (Å²) >= 11 is 17.7. The third-order valence-corrected chi connectivity index (χ3v) is 7.88. The van der Waals surface area contributed by atoms with Crippen LogP contribution in [0.25, 0.3) is 0 Å². The molecule has 252 valence electrons. The number of alkyl halides is 6. The molecule has 2 N–H and O–H groups in total. The van der Waals surface area contributed by atoms with Crippen LogP contribution >= 0.6 is 55.1 Å². The Bertz CT molecular complexity index is 1770. The number of ether oxygens (including phenoxy) is 2. The van der Waals surface area contributed by atoms with Crippen LogP contribution in [-0.4, -0.2) is 34.8 Å². The van der Waals surface area contributed by atoms with Gasteiger partial charge in [0.2, 0.25) is 11.8 Å². The summed E-state index contributed by atoms with van der Waals surface area (Å²) in [6, 6.07) is 9.87. The maximum atomic E-state index is 13.0. The summed E-state index contributed by atoms with van der Waals surface area (Å²) in [5.41, 5.74) is 5.90. The fraction of sp³-hybridized carbons (Fsp3) is 0.233. The lowest BCUT2D eigenvalue weighted by Gasteiger charge is -2.13. The van der Waals surface area contributed by atoms with Crippen molar-refractivity contribution in [1.82, 2.24) is 14.9 Å². The van der Waals surface area contributed by atoms with E-state index in [2.05, 4.69) is 46.8 Å². The monoisotopic (exact) mass is 829 g/mol. The molecule has 0 saturated heterocycles. The SMILES string of the molecule is CCN(C)C=Nc1cc(Br)c(Oc2ccc(Cl)c(C(F)(F)F)c2)nc1C.Cc1nc(Oc2ccc(Cl)c(C(F)(F)F)c2)c(Br)cc1N. The average molecular weight is 832 g/mol. The van der Waals surface area contributed by atoms with Gasteiger partial charge in [0.15, 0.2) is 0 Å². The summed E-state index contributed by atoms with van der Waals surface area (Å²) in [4.78, 5) is 14.6. The maximum absolute atomic E-state index is 13.0. The molecule has 0 unspecified atom stereocenters. The standard InChI is InChI=1S/C17H16BrClF3N3O.C13H9BrClF3N2O/c1-4-25(3)9-23-15-8-13(18)16(24-10(15)2)26-11-5-6-14(19)12(7-11)17(20,21)22;1-6-11(19)5-9(14)12(20-6)21-7-2-3-10(15)8(4-7)13(16,17)18/h5-9H,4H2,1-3H3;2-5H,19H2,1H3. The van der Waals surface area contributed by atoms with E-state index >= 15 is 0 Å². The number of pyridine rings is 2. The lowest BCUT2D eigenvalue weighted by molar-refractivity contribution is -0.138. The summed E-state index contributed by atoms with van der Waals surface area (Å²) in [5.74, 6) is 0.221. The Morgan fingerprint density at radius 2 is 1.26 bits per heavy atom. The van der Waals surface area contributed by atoms with Crippen LogP contribution in [0, 0.1) is 13.8 Å². The summed E-state index contributed by atoms with van der Waals surface area (Å²) in [7, 11) is 1.89. The first kappa shape index (κ1) is 38.2. The second-order valence-corrected chi connectivity index (χ2v) is 12.2. The zero-order valence-electron chi connectivity index (χ0n) is 24.9. The van der Waals surface area contributed by atoms with Gasteiger partial charge in [-0.1, -0.05) is 23.2 Å². The van der Waals surface area contributed by atoms with Crippen LogP contribution in [0.1, 0.15) is 29.4 Å². The molecule has 17 heteroatoms. The first-order valence-corrected chi connectivity index (χ1v) is 15.6. The molecule has 0 spiro atoms. The van der Waals surface area contributed by atoms with Gasteiger partial charge in [-0.2, -0.15) is 26.3 Å². The third-order valence-electron chi connectivity index (χ3n) is 6.09. The van der Waals surface area contributed by atoms with Gasteiger partial charge < -0.3 is 20.1 Å². The molecule has 4 aromatic rings. The van der Waals surface area contributed by atoms with E-state index in [1.54, 1.807) is 32.3 Å². The zero-order valence-corrected chi connectivity index (χ0v) is 29.5. The Morgan fingerprint density at radius 1 is 0.809 bits per heavy atom. The Labute approximate surface area is 293 Å². The zero-order chi connectivity index (χ0) is 35.3. The molecule has 2 aromatic carbocycles. The second-order valence-electron chi connectivity index (χ2n) is 9.63. The van der Waals surface area contributed by atoms with Gasteiger partial charge in [0, 0.05) is 13.6 Å². The summed E-state index contributed by atoms with van der Waals surface area (Å²) in [6.07, 6.45) is -7.45. The van der Waals surface area contributed by atoms with Crippen molar-refractivity contribution in [2.75, 3.05) is 19.3 Å². The van der Waals surface area contributed by atoms with E-state index in [1.807, 2.05) is 18.9 Å². The van der Waals surface area contributed by atoms with Gasteiger partial charge in [0.05, 0.1) is 59.2 Å². The molecule has 0 aliphatic heterocycles. The van der Waals surface area contributed by atoms with E-state index in [9.17, 15) is 26.3 Å². The molecular formula is C30H25Br2Cl2F6N5O2. The van der Waals surface area contributed by atoms with Crippen molar-refractivity contribution in [1.29, 1.82) is 0 Å². The molecule has 0 saturated carbocycles. The number of anilines is 1. The fourth-order valence-corrected chi connectivity index (χ4v) is 4.68. The molecule has 0 aliphatic rings. The number of aromatic nitrogens is 2. The van der Waals surface area contributed by atoms with Crippen LogP contribution in [0.4, 0.5) is 37.7 Å². The molecule has 2 heterocycles. The van der Waals surface area contributed by atoms with Gasteiger partial charge in [0.1, 0.15) is 11.5 Å². The van der Waals surface area contributed by atoms with Gasteiger partial charge in [-0.05, 0) is 101 Å². The van der Waals surface area contributed by atoms with E-state index in [0.717, 1.165) is 30.8 Å². The highest BCUT2D eigenvalue weighted by atomic mass is 79.9. The quantitative estimate of drug-likeness (QED) is 0.113. The highest BCUT2D eigenvalue weighted by Gasteiger charge is 2.34. The molecule has 0 radical (unpaired) electrons. The van der Waals surface area contributed by atoms with Crippen molar-refractivity contribution in [2.45, 2.75) is 33.1 Å². The van der Waals surface area contributed by atoms with E-state index < -0.39 is 33.5 Å². The van der Waals surface area contributed by atoms with Crippen molar-refractivity contribution in [2.24, 2.45) is 4.99 Å². The number of rotatable bonds is 7. The number of halogens is 10. The highest BCUT2D eigenvalue weighted by molar-refractivity contribution is 9.10. The number of nitrogens with zero attached hydrogens (tertiary/aromatic N) is 4. The lowest BCUT2D eigenvalue weighted by Crippen LogP contribution is -2.14. The minimum atomic E-state index is -4.57. The van der Waals surface area contributed by atoms with Crippen LogP contribution in [0.2, 0.25) is 10.0 Å². The van der Waals surface area contributed by atoms with E-state index in [-0.39, 0.29) is 23.3 Å². The molecule has 2 aromatic heterocycles. The summed E-state index contributed by atoms with van der Waals surface area (Å²) < 4.78 is 89.0. The predicted molar refractivity (Wildman–Crippen MR) is 177 cm³/mol. The fourth-order valence-electron chi connectivity index (χ4n) is 3.43. The van der Waals surface area contributed by atoms with Crippen LogP contribution < -0.4 is 15.2 Å². The van der Waals surface area contributed by atoms with E-state index in [1.165, 1.54) is 12.1 Å². The minimum Gasteiger partial charge on any atom is -0.438 e. The normalized spacial score (nSPS) is 11.7. The van der Waals surface area contributed by atoms with Crippen molar-refractivity contribution in [3.63, 3.8) is 0 Å². The van der Waals surface area contributed by atoms with Crippen molar-refractivity contribution in [3.05, 3.63) is 90.0 Å². The minimum absolute atomic E-state index is 0.0173. The van der Waals surface area contributed by atoms with Gasteiger partial charge >= 0.3 is 12.4 Å². The van der Waals surface area contributed by atoms with E-state index in [4.69, 9.17) is 38.4 Å². The molecule has 47 heavy (non-hydrogen) atoms. The molecule has 0 aliphatic carbocycles. The van der Waals surface area contributed by atoms with Gasteiger partial charge in [-0.15, -0.1) is 0 Å². The van der Waals surface area contributed by atoms with Crippen LogP contribution in [0.15, 0.2) is 62.5 Å². The first-order valence-electron chi connectivity index (χ1n) is 13.2. The Kier molecular flexibility index (Phi) is 12.8. The van der Waals surface area contributed by atoms with Crippen molar-refractivity contribution in [3.8, 4) is 23.3 Å². The molecule has 0 atom stereocenters.